The number of fused-ring (bicyclic) bond motifs is 6. The highest BCUT2D eigenvalue weighted by molar-refractivity contribution is 6.11. The Bertz CT molecular complexity index is 3170. The summed E-state index contributed by atoms with van der Waals surface area (Å²) < 4.78 is 2.42. The number of hydrogen-bond donors (Lipinski definition) is 0. The van der Waals surface area contributed by atoms with Gasteiger partial charge in [0, 0.05) is 16.5 Å². The van der Waals surface area contributed by atoms with Gasteiger partial charge in [-0.2, -0.15) is 0 Å². The Kier molecular flexibility index (Phi) is 10.8. The van der Waals surface area contributed by atoms with Gasteiger partial charge in [0.2, 0.25) is 0 Å². The van der Waals surface area contributed by atoms with E-state index in [0.717, 1.165) is 12.8 Å². The van der Waals surface area contributed by atoms with Gasteiger partial charge in [-0.05, 0) is 130 Å². The molecule has 1 aliphatic rings. The lowest BCUT2D eigenvalue weighted by Gasteiger charge is -2.34. The fourth-order valence-electron chi connectivity index (χ4n) is 9.99. The second-order valence-corrected chi connectivity index (χ2v) is 16.8. The Balaban J connectivity index is 0.000000616. The molecular weight excluding hydrogens is 759 g/mol. The highest BCUT2D eigenvalue weighted by atomic mass is 15.0. The lowest BCUT2D eigenvalue weighted by Crippen LogP contribution is -2.28. The number of nitrogens with zero attached hydrogens (tertiary/aromatic N) is 1. The normalized spacial score (nSPS) is 12.6. The summed E-state index contributed by atoms with van der Waals surface area (Å²) in [7, 11) is 0. The summed E-state index contributed by atoms with van der Waals surface area (Å²) in [5, 5.41) is 2.58. The first kappa shape index (κ1) is 39.6. The number of rotatable bonds is 8. The zero-order valence-electron chi connectivity index (χ0n) is 36.3. The molecule has 0 radical (unpaired) electrons. The van der Waals surface area contributed by atoms with Crippen molar-refractivity contribution in [3.8, 4) is 27.9 Å². The molecular formula is C62H51N. The van der Waals surface area contributed by atoms with Crippen molar-refractivity contribution in [2.45, 2.75) is 39.0 Å². The molecule has 11 rings (SSSR count). The summed E-state index contributed by atoms with van der Waals surface area (Å²) in [6, 6.07) is 80.3. The summed E-state index contributed by atoms with van der Waals surface area (Å²) in [5.74, 6) is 0. The lowest BCUT2D eigenvalue weighted by atomic mass is 9.67. The average molecular weight is 810 g/mol. The predicted molar refractivity (Wildman–Crippen MR) is 268 cm³/mol. The van der Waals surface area contributed by atoms with Crippen LogP contribution in [0.1, 0.15) is 63.9 Å². The van der Waals surface area contributed by atoms with Gasteiger partial charge in [0.05, 0.1) is 16.4 Å². The summed E-state index contributed by atoms with van der Waals surface area (Å²) in [4.78, 5) is 0. The van der Waals surface area contributed by atoms with Crippen LogP contribution in [-0.2, 0) is 18.3 Å². The van der Waals surface area contributed by atoms with Crippen molar-refractivity contribution in [1.82, 2.24) is 4.57 Å². The van der Waals surface area contributed by atoms with Gasteiger partial charge < -0.3 is 4.57 Å². The number of aryl methyl sites for hydroxylation is 2. The first-order valence-corrected chi connectivity index (χ1v) is 22.3. The molecule has 0 bridgehead atoms. The molecule has 1 heteroatoms. The van der Waals surface area contributed by atoms with Crippen LogP contribution in [0.3, 0.4) is 0 Å². The number of para-hydroxylation sites is 1. The molecule has 1 nitrogen and oxygen atoms in total. The summed E-state index contributed by atoms with van der Waals surface area (Å²) in [6.07, 6.45) is 6.24. The van der Waals surface area contributed by atoms with Crippen molar-refractivity contribution in [3.63, 3.8) is 0 Å². The van der Waals surface area contributed by atoms with Gasteiger partial charge in [-0.1, -0.05) is 207 Å². The van der Waals surface area contributed by atoms with Crippen LogP contribution in [0.5, 0.6) is 0 Å². The molecule has 0 amide bonds. The predicted octanol–water partition coefficient (Wildman–Crippen LogP) is 16.0. The Labute approximate surface area is 372 Å². The smallest absolute Gasteiger partial charge is 0.0713 e. The van der Waals surface area contributed by atoms with Crippen molar-refractivity contribution in [2.24, 2.45) is 0 Å². The molecule has 63 heavy (non-hydrogen) atoms. The Hall–Kier alpha value is -7.48. The third-order valence-corrected chi connectivity index (χ3v) is 12.9. The first-order chi connectivity index (χ1) is 31.1. The maximum atomic E-state index is 2.48. The van der Waals surface area contributed by atoms with Gasteiger partial charge in [0.25, 0.3) is 0 Å². The number of allylic oxidation sites excluding steroid dienone is 1. The molecule has 0 fully saturated rings. The number of aromatic nitrogens is 1. The topological polar surface area (TPSA) is 4.93 Å². The highest BCUT2D eigenvalue weighted by Crippen LogP contribution is 2.56. The molecule has 0 unspecified atom stereocenters. The lowest BCUT2D eigenvalue weighted by molar-refractivity contribution is 0.767. The molecule has 0 saturated carbocycles. The van der Waals surface area contributed by atoms with E-state index in [-0.39, 0.29) is 5.41 Å². The quantitative estimate of drug-likeness (QED) is 0.144. The first-order valence-electron chi connectivity index (χ1n) is 22.3. The number of hydrogen-bond acceptors (Lipinski definition) is 0. The van der Waals surface area contributed by atoms with Crippen molar-refractivity contribution >= 4 is 27.9 Å². The maximum Gasteiger partial charge on any atom is 0.0713 e. The van der Waals surface area contributed by atoms with Crippen LogP contribution in [0.15, 0.2) is 224 Å². The van der Waals surface area contributed by atoms with E-state index in [4.69, 9.17) is 0 Å². The molecule has 1 heterocycles. The molecule has 0 aliphatic heterocycles. The van der Waals surface area contributed by atoms with E-state index in [0.29, 0.717) is 0 Å². The average Bonchev–Trinajstić information content (AvgIpc) is 3.82. The maximum absolute atomic E-state index is 2.48. The molecule has 9 aromatic carbocycles. The minimum atomic E-state index is -0.386. The second-order valence-electron chi connectivity index (χ2n) is 16.8. The number of benzene rings is 9. The SMILES string of the molecule is C/C=C\c1cc2c(cc1CC)c1cc(-c3ccc(Cc4ccc5c(c4)C(c4ccccc4)(c4ccccc4)c4ccccc4-5)cc3)ccc1n2-c1ccccc1.Cc1ccccc1. The van der Waals surface area contributed by atoms with Gasteiger partial charge in [0.15, 0.2) is 0 Å². The summed E-state index contributed by atoms with van der Waals surface area (Å²) >= 11 is 0. The van der Waals surface area contributed by atoms with E-state index in [2.05, 4.69) is 238 Å². The van der Waals surface area contributed by atoms with Gasteiger partial charge in [-0.15, -0.1) is 0 Å². The van der Waals surface area contributed by atoms with E-state index in [9.17, 15) is 0 Å². The zero-order chi connectivity index (χ0) is 42.8. The van der Waals surface area contributed by atoms with Crippen LogP contribution in [0.4, 0.5) is 0 Å². The van der Waals surface area contributed by atoms with Crippen molar-refractivity contribution in [2.75, 3.05) is 0 Å². The van der Waals surface area contributed by atoms with Crippen molar-refractivity contribution in [1.29, 1.82) is 0 Å². The molecule has 1 aromatic heterocycles. The van der Waals surface area contributed by atoms with E-state index in [1.165, 1.54) is 99.8 Å². The van der Waals surface area contributed by atoms with Crippen LogP contribution < -0.4 is 0 Å². The van der Waals surface area contributed by atoms with E-state index >= 15 is 0 Å². The third-order valence-electron chi connectivity index (χ3n) is 12.9. The molecule has 0 atom stereocenters. The van der Waals surface area contributed by atoms with E-state index in [1.54, 1.807) is 0 Å². The van der Waals surface area contributed by atoms with Gasteiger partial charge in [0.1, 0.15) is 0 Å². The zero-order valence-corrected chi connectivity index (χ0v) is 36.3. The molecule has 0 N–H and O–H groups in total. The second kappa shape index (κ2) is 17.1. The fraction of sp³-hybridized carbons (Fsp3) is 0.0968. The van der Waals surface area contributed by atoms with Gasteiger partial charge in [-0.3, -0.25) is 0 Å². The van der Waals surface area contributed by atoms with Crippen molar-refractivity contribution in [3.05, 3.63) is 275 Å². The molecule has 0 saturated heterocycles. The Morgan fingerprint density at radius 3 is 1.68 bits per heavy atom. The van der Waals surface area contributed by atoms with Crippen LogP contribution in [0.25, 0.3) is 55.8 Å². The van der Waals surface area contributed by atoms with Crippen LogP contribution >= 0.6 is 0 Å². The minimum absolute atomic E-state index is 0.386. The summed E-state index contributed by atoms with van der Waals surface area (Å²) in [5.41, 5.74) is 20.3. The van der Waals surface area contributed by atoms with Gasteiger partial charge >= 0.3 is 0 Å². The standard InChI is InChI=1S/C55H43N.C7H8/c1-3-16-42-37-54-50(35-40(42)4-2)49-36-43(30-32-53(49)56(54)46-21-12-7-13-22-46)41-28-25-38(26-29-41)33-39-27-31-48-47-23-14-15-24-51(47)55(52(48)34-39,44-17-8-5-9-18-44)45-19-10-6-11-20-45;1-7-5-3-2-4-6-7/h3,5-32,34-37H,4,33H2,1-2H3;2-6H,1H3/b16-3-;. The van der Waals surface area contributed by atoms with Crippen LogP contribution in [0.2, 0.25) is 0 Å². The third kappa shape index (κ3) is 7.20. The summed E-state index contributed by atoms with van der Waals surface area (Å²) in [6.45, 7) is 6.43. The molecule has 304 valence electrons. The van der Waals surface area contributed by atoms with Crippen LogP contribution in [-0.4, -0.2) is 4.57 Å². The Morgan fingerprint density at radius 2 is 1.05 bits per heavy atom. The van der Waals surface area contributed by atoms with Gasteiger partial charge in [-0.25, -0.2) is 0 Å². The van der Waals surface area contributed by atoms with Crippen molar-refractivity contribution < 1.29 is 0 Å². The fourth-order valence-corrected chi connectivity index (χ4v) is 9.99. The monoisotopic (exact) mass is 809 g/mol. The van der Waals surface area contributed by atoms with E-state index < -0.39 is 0 Å². The molecule has 10 aromatic rings. The highest BCUT2D eigenvalue weighted by Gasteiger charge is 2.46. The van der Waals surface area contributed by atoms with Crippen LogP contribution in [0, 0.1) is 6.92 Å². The Morgan fingerprint density at radius 1 is 0.476 bits per heavy atom. The molecule has 0 spiro atoms. The largest absolute Gasteiger partial charge is 0.309 e. The minimum Gasteiger partial charge on any atom is -0.309 e. The molecule has 1 aliphatic carbocycles. The van der Waals surface area contributed by atoms with E-state index in [1.807, 2.05) is 18.2 Å².